The van der Waals surface area contributed by atoms with Gasteiger partial charge in [-0.25, -0.2) is 4.79 Å². The number of hydrogen-bond donors (Lipinski definition) is 2. The molecule has 6 nitrogen and oxygen atoms in total. The van der Waals surface area contributed by atoms with E-state index in [1.807, 2.05) is 13.8 Å². The molecule has 2 unspecified atom stereocenters. The molecule has 1 saturated heterocycles. The first-order valence-corrected chi connectivity index (χ1v) is 6.90. The highest BCUT2D eigenvalue weighted by Gasteiger charge is 2.29. The van der Waals surface area contributed by atoms with E-state index in [4.69, 9.17) is 5.11 Å². The molecule has 1 aliphatic heterocycles. The molecule has 0 radical (unpaired) electrons. The lowest BCUT2D eigenvalue weighted by molar-refractivity contribution is -0.138. The topological polar surface area (TPSA) is 86.7 Å². The highest BCUT2D eigenvalue weighted by atomic mass is 32.2. The molecule has 7 heteroatoms. The molecular weight excluding hydrogens is 256 g/mol. The number of carboxylic acid groups (broad SMARTS) is 1. The van der Waals surface area contributed by atoms with Crippen LogP contribution in [0.4, 0.5) is 4.79 Å². The van der Waals surface area contributed by atoms with E-state index in [-0.39, 0.29) is 18.9 Å². The fraction of sp³-hybridized carbons (Fsp3) is 0.727. The van der Waals surface area contributed by atoms with Gasteiger partial charge in [-0.2, -0.15) is 11.8 Å². The predicted octanol–water partition coefficient (Wildman–Crippen LogP) is 0.913. The lowest BCUT2D eigenvalue weighted by Crippen LogP contribution is -2.53. The fourth-order valence-corrected chi connectivity index (χ4v) is 2.79. The first kappa shape index (κ1) is 14.8. The van der Waals surface area contributed by atoms with Gasteiger partial charge in [0.05, 0.1) is 6.42 Å². The molecule has 102 valence electrons. The lowest BCUT2D eigenvalue weighted by atomic mass is 10.2. The lowest BCUT2D eigenvalue weighted by Gasteiger charge is -2.37. The molecule has 1 aliphatic rings. The Kier molecular flexibility index (Phi) is 5.46. The van der Waals surface area contributed by atoms with Gasteiger partial charge in [0.25, 0.3) is 0 Å². The van der Waals surface area contributed by atoms with Gasteiger partial charge < -0.3 is 10.0 Å². The monoisotopic (exact) mass is 274 g/mol. The predicted molar refractivity (Wildman–Crippen MR) is 68.5 cm³/mol. The first-order valence-electron chi connectivity index (χ1n) is 5.85. The van der Waals surface area contributed by atoms with Crippen molar-refractivity contribution in [1.82, 2.24) is 10.2 Å². The Bertz CT molecular complexity index is 348. The van der Waals surface area contributed by atoms with Gasteiger partial charge in [0.2, 0.25) is 5.91 Å². The molecule has 1 fully saturated rings. The van der Waals surface area contributed by atoms with Crippen molar-refractivity contribution in [2.24, 2.45) is 0 Å². The fourth-order valence-electron chi connectivity index (χ4n) is 1.69. The number of aliphatic carboxylic acids is 1. The summed E-state index contributed by atoms with van der Waals surface area (Å²) < 4.78 is 0. The van der Waals surface area contributed by atoms with E-state index in [9.17, 15) is 14.4 Å². The second-order valence-corrected chi connectivity index (χ2v) is 5.74. The van der Waals surface area contributed by atoms with Gasteiger partial charge in [-0.3, -0.25) is 14.9 Å². The maximum Gasteiger partial charge on any atom is 0.324 e. The zero-order chi connectivity index (χ0) is 13.7. The number of urea groups is 1. The number of imide groups is 1. The van der Waals surface area contributed by atoms with E-state index < -0.39 is 17.9 Å². The average Bonchev–Trinajstić information content (AvgIpc) is 2.30. The number of carboxylic acids is 1. The summed E-state index contributed by atoms with van der Waals surface area (Å²) in [5.41, 5.74) is 0. The van der Waals surface area contributed by atoms with Crippen LogP contribution in [-0.4, -0.2) is 51.5 Å². The Balaban J connectivity index is 2.44. The Labute approximate surface area is 110 Å². The maximum absolute atomic E-state index is 11.8. The molecular formula is C11H18N2O4S. The number of thioether (sulfide) groups is 1. The van der Waals surface area contributed by atoms with Crippen molar-refractivity contribution in [2.45, 2.75) is 38.0 Å². The maximum atomic E-state index is 11.8. The van der Waals surface area contributed by atoms with Crippen LogP contribution in [0.2, 0.25) is 0 Å². The smallest absolute Gasteiger partial charge is 0.324 e. The van der Waals surface area contributed by atoms with Crippen LogP contribution < -0.4 is 5.32 Å². The van der Waals surface area contributed by atoms with E-state index in [0.717, 1.165) is 5.75 Å². The van der Waals surface area contributed by atoms with E-state index in [0.29, 0.717) is 11.8 Å². The van der Waals surface area contributed by atoms with Gasteiger partial charge in [-0.1, -0.05) is 6.92 Å². The third kappa shape index (κ3) is 4.21. The summed E-state index contributed by atoms with van der Waals surface area (Å²) in [4.78, 5) is 35.1. The molecule has 18 heavy (non-hydrogen) atoms. The van der Waals surface area contributed by atoms with Crippen molar-refractivity contribution < 1.29 is 19.5 Å². The second kappa shape index (κ2) is 6.63. The average molecular weight is 274 g/mol. The van der Waals surface area contributed by atoms with Crippen molar-refractivity contribution >= 4 is 29.7 Å². The number of nitrogens with zero attached hydrogens (tertiary/aromatic N) is 1. The van der Waals surface area contributed by atoms with Crippen LogP contribution in [0.15, 0.2) is 0 Å². The molecule has 1 rings (SSSR count). The number of rotatable bonds is 3. The van der Waals surface area contributed by atoms with Crippen LogP contribution in [0.5, 0.6) is 0 Å². The molecule has 2 atom stereocenters. The minimum atomic E-state index is -1.05. The molecule has 0 aromatic carbocycles. The summed E-state index contributed by atoms with van der Waals surface area (Å²) in [6.07, 6.45) is -0.436. The summed E-state index contributed by atoms with van der Waals surface area (Å²) in [6, 6.07) is -0.360. The highest BCUT2D eigenvalue weighted by molar-refractivity contribution is 8.00. The van der Waals surface area contributed by atoms with Crippen molar-refractivity contribution in [3.05, 3.63) is 0 Å². The van der Waals surface area contributed by atoms with Crippen LogP contribution >= 0.6 is 11.8 Å². The standard InChI is InChI=1S/C11H18N2O4S/c1-7-8(2)18-6-5-13(7)11(17)12-9(14)3-4-10(15)16/h7-8H,3-6H2,1-2H3,(H,15,16)(H,12,14,17). The third-order valence-corrected chi connectivity index (χ3v) is 4.29. The minimum absolute atomic E-state index is 0.0658. The number of carbonyl (C=O) groups is 3. The van der Waals surface area contributed by atoms with Gasteiger partial charge in [-0.15, -0.1) is 0 Å². The van der Waals surface area contributed by atoms with Crippen LogP contribution in [0, 0.1) is 0 Å². The molecule has 1 heterocycles. The van der Waals surface area contributed by atoms with Gasteiger partial charge in [0.1, 0.15) is 0 Å². The van der Waals surface area contributed by atoms with Crippen molar-refractivity contribution in [3.63, 3.8) is 0 Å². The van der Waals surface area contributed by atoms with Crippen LogP contribution in [0.1, 0.15) is 26.7 Å². The summed E-state index contributed by atoms with van der Waals surface area (Å²) in [6.45, 7) is 4.59. The Morgan fingerprint density at radius 1 is 1.33 bits per heavy atom. The normalized spacial score (nSPS) is 23.6. The van der Waals surface area contributed by atoms with E-state index >= 15 is 0 Å². The Morgan fingerprint density at radius 3 is 2.61 bits per heavy atom. The second-order valence-electron chi connectivity index (χ2n) is 4.26. The molecule has 0 aromatic rings. The van der Waals surface area contributed by atoms with Gasteiger partial charge in [0, 0.05) is 30.0 Å². The van der Waals surface area contributed by atoms with E-state index in [1.54, 1.807) is 16.7 Å². The van der Waals surface area contributed by atoms with Crippen LogP contribution in [-0.2, 0) is 9.59 Å². The minimum Gasteiger partial charge on any atom is -0.481 e. The molecule has 0 spiro atoms. The highest BCUT2D eigenvalue weighted by Crippen LogP contribution is 2.23. The first-order chi connectivity index (χ1) is 8.41. The summed E-state index contributed by atoms with van der Waals surface area (Å²) >= 11 is 1.80. The number of hydrogen-bond acceptors (Lipinski definition) is 4. The van der Waals surface area contributed by atoms with E-state index in [1.165, 1.54) is 0 Å². The molecule has 0 aromatic heterocycles. The van der Waals surface area contributed by atoms with Gasteiger partial charge in [-0.05, 0) is 6.92 Å². The van der Waals surface area contributed by atoms with Gasteiger partial charge in [0.15, 0.2) is 0 Å². The van der Waals surface area contributed by atoms with E-state index in [2.05, 4.69) is 5.32 Å². The molecule has 0 saturated carbocycles. The zero-order valence-electron chi connectivity index (χ0n) is 10.5. The summed E-state index contributed by atoms with van der Waals surface area (Å²) in [5, 5.41) is 11.0. The van der Waals surface area contributed by atoms with Crippen molar-refractivity contribution in [1.29, 1.82) is 0 Å². The molecule has 2 N–H and O–H groups in total. The Morgan fingerprint density at radius 2 is 2.00 bits per heavy atom. The third-order valence-electron chi connectivity index (χ3n) is 2.96. The summed E-state index contributed by atoms with van der Waals surface area (Å²) in [7, 11) is 0. The summed E-state index contributed by atoms with van der Waals surface area (Å²) in [5.74, 6) is -0.739. The number of carbonyl (C=O) groups excluding carboxylic acids is 2. The number of amides is 3. The SMILES string of the molecule is CC1SCCN(C(=O)NC(=O)CCC(=O)O)C1C. The zero-order valence-corrected chi connectivity index (χ0v) is 11.3. The van der Waals surface area contributed by atoms with Crippen LogP contribution in [0.3, 0.4) is 0 Å². The largest absolute Gasteiger partial charge is 0.481 e. The molecule has 0 bridgehead atoms. The quantitative estimate of drug-likeness (QED) is 0.799. The van der Waals surface area contributed by atoms with Crippen molar-refractivity contribution in [2.75, 3.05) is 12.3 Å². The van der Waals surface area contributed by atoms with Gasteiger partial charge >= 0.3 is 12.0 Å². The molecule has 3 amide bonds. The van der Waals surface area contributed by atoms with Crippen molar-refractivity contribution in [3.8, 4) is 0 Å². The number of nitrogens with one attached hydrogen (secondary N) is 1. The van der Waals surface area contributed by atoms with Crippen LogP contribution in [0.25, 0.3) is 0 Å². The molecule has 0 aliphatic carbocycles. The Hall–Kier alpha value is -1.24.